The minimum atomic E-state index is -0.733. The molecule has 1 atom stereocenters. The van der Waals surface area contributed by atoms with Gasteiger partial charge in [-0.3, -0.25) is 9.59 Å². The van der Waals surface area contributed by atoms with Gasteiger partial charge in [0, 0.05) is 25.0 Å². The fourth-order valence-electron chi connectivity index (χ4n) is 1.91. The Morgan fingerprint density at radius 1 is 1.35 bits per heavy atom. The minimum absolute atomic E-state index is 0.0934. The lowest BCUT2D eigenvalue weighted by atomic mass is 10.1. The Morgan fingerprint density at radius 2 is 2.00 bits per heavy atom. The molecule has 0 unspecified atom stereocenters. The highest BCUT2D eigenvalue weighted by atomic mass is 16.6. The van der Waals surface area contributed by atoms with Gasteiger partial charge in [-0.1, -0.05) is 6.92 Å². The van der Waals surface area contributed by atoms with Crippen LogP contribution >= 0.6 is 0 Å². The first-order valence-electron chi connectivity index (χ1n) is 6.74. The Kier molecular flexibility index (Phi) is 5.35. The lowest BCUT2D eigenvalue weighted by Crippen LogP contribution is -2.57. The zero-order chi connectivity index (χ0) is 15.3. The molecule has 7 heteroatoms. The second kappa shape index (κ2) is 6.58. The summed E-state index contributed by atoms with van der Waals surface area (Å²) in [6, 6.07) is 0. The fraction of sp³-hybridized carbons (Fsp3) is 0.769. The molecular weight excluding hydrogens is 262 g/mol. The number of hydrogen-bond donors (Lipinski definition) is 1. The van der Waals surface area contributed by atoms with Crippen molar-refractivity contribution in [3.8, 4) is 0 Å². The summed E-state index contributed by atoms with van der Waals surface area (Å²) in [5, 5.41) is 2.67. The third-order valence-corrected chi connectivity index (χ3v) is 2.86. The van der Waals surface area contributed by atoms with Gasteiger partial charge < -0.3 is 19.9 Å². The quantitative estimate of drug-likeness (QED) is 0.768. The molecule has 0 radical (unpaired) electrons. The van der Waals surface area contributed by atoms with Gasteiger partial charge in [-0.25, -0.2) is 4.79 Å². The Bertz CT molecular complexity index is 378. The molecule has 0 spiro atoms. The number of amides is 3. The van der Waals surface area contributed by atoms with Crippen LogP contribution in [0, 0.1) is 0 Å². The summed E-state index contributed by atoms with van der Waals surface area (Å²) in [5.41, 5.74) is -0.421. The van der Waals surface area contributed by atoms with Gasteiger partial charge in [0.1, 0.15) is 0 Å². The molecule has 3 amide bonds. The van der Waals surface area contributed by atoms with E-state index in [-0.39, 0.29) is 12.5 Å². The summed E-state index contributed by atoms with van der Waals surface area (Å²) >= 11 is 0. The van der Waals surface area contributed by atoms with Crippen LogP contribution in [-0.2, 0) is 14.3 Å². The first-order chi connectivity index (χ1) is 9.26. The third-order valence-electron chi connectivity index (χ3n) is 2.86. The van der Waals surface area contributed by atoms with E-state index in [1.807, 2.05) is 20.8 Å². The van der Waals surface area contributed by atoms with Crippen LogP contribution in [0.2, 0.25) is 0 Å². The molecule has 1 aliphatic heterocycles. The molecule has 0 aromatic carbocycles. The van der Waals surface area contributed by atoms with E-state index in [4.69, 9.17) is 4.74 Å². The Balaban J connectivity index is 2.71. The molecule has 20 heavy (non-hydrogen) atoms. The molecule has 1 fully saturated rings. The van der Waals surface area contributed by atoms with Gasteiger partial charge in [-0.15, -0.1) is 0 Å². The lowest BCUT2D eigenvalue weighted by Gasteiger charge is -2.39. The number of piperazine rings is 1. The number of alkyl carbamates (subject to hydrolysis) is 1. The lowest BCUT2D eigenvalue weighted by molar-refractivity contribution is -0.150. The van der Waals surface area contributed by atoms with Crippen molar-refractivity contribution < 1.29 is 19.1 Å². The molecule has 1 aliphatic rings. The number of nitrogens with one attached hydrogen (secondary N) is 1. The van der Waals surface area contributed by atoms with Crippen LogP contribution in [0.4, 0.5) is 4.79 Å². The van der Waals surface area contributed by atoms with E-state index < -0.39 is 17.9 Å². The maximum Gasteiger partial charge on any atom is 0.409 e. The van der Waals surface area contributed by atoms with Crippen molar-refractivity contribution >= 4 is 18.4 Å². The van der Waals surface area contributed by atoms with Gasteiger partial charge in [-0.2, -0.15) is 0 Å². The predicted octanol–water partition coefficient (Wildman–Crippen LogP) is 0.548. The van der Waals surface area contributed by atoms with E-state index in [0.717, 1.165) is 0 Å². The van der Waals surface area contributed by atoms with Crippen LogP contribution in [0.1, 0.15) is 34.1 Å². The highest BCUT2D eigenvalue weighted by Crippen LogP contribution is 2.12. The van der Waals surface area contributed by atoms with Crippen molar-refractivity contribution in [2.24, 2.45) is 0 Å². The van der Waals surface area contributed by atoms with E-state index >= 15 is 0 Å². The van der Waals surface area contributed by atoms with Gasteiger partial charge in [0.05, 0.1) is 6.54 Å². The van der Waals surface area contributed by atoms with Gasteiger partial charge in [0.25, 0.3) is 0 Å². The molecule has 0 saturated carbocycles. The first kappa shape index (κ1) is 16.3. The molecule has 1 saturated heterocycles. The molecule has 0 aromatic heterocycles. The summed E-state index contributed by atoms with van der Waals surface area (Å²) < 4.78 is 5.29. The van der Waals surface area contributed by atoms with E-state index in [1.54, 1.807) is 6.92 Å². The summed E-state index contributed by atoms with van der Waals surface area (Å²) in [6.45, 7) is 8.29. The van der Waals surface area contributed by atoms with Gasteiger partial charge in [-0.05, 0) is 20.8 Å². The fourth-order valence-corrected chi connectivity index (χ4v) is 1.91. The average Bonchev–Trinajstić information content (AvgIpc) is 2.35. The van der Waals surface area contributed by atoms with Crippen LogP contribution in [0.15, 0.2) is 0 Å². The summed E-state index contributed by atoms with van der Waals surface area (Å²) in [7, 11) is 0. The largest absolute Gasteiger partial charge is 0.423 e. The van der Waals surface area contributed by atoms with E-state index in [2.05, 4.69) is 5.32 Å². The average molecular weight is 285 g/mol. The zero-order valence-corrected chi connectivity index (χ0v) is 12.5. The minimum Gasteiger partial charge on any atom is -0.423 e. The maximum absolute atomic E-state index is 11.8. The SMILES string of the molecule is CCC(=O)N1CCN(C=O)C[C@@H]1OC(=O)NC(C)(C)C. The molecule has 0 aromatic rings. The van der Waals surface area contributed by atoms with Crippen LogP contribution in [0.5, 0.6) is 0 Å². The Morgan fingerprint density at radius 3 is 2.50 bits per heavy atom. The number of nitrogens with zero attached hydrogens (tertiary/aromatic N) is 2. The highest BCUT2D eigenvalue weighted by molar-refractivity contribution is 5.77. The molecule has 0 aliphatic carbocycles. The van der Waals surface area contributed by atoms with Crippen molar-refractivity contribution in [3.63, 3.8) is 0 Å². The Hall–Kier alpha value is -1.79. The predicted molar refractivity (Wildman–Crippen MR) is 72.8 cm³/mol. The van der Waals surface area contributed by atoms with Crippen LogP contribution in [0.3, 0.4) is 0 Å². The molecule has 1 heterocycles. The van der Waals surface area contributed by atoms with Gasteiger partial charge in [0.15, 0.2) is 6.23 Å². The molecule has 1 N–H and O–H groups in total. The Labute approximate surface area is 119 Å². The summed E-state index contributed by atoms with van der Waals surface area (Å²) in [4.78, 5) is 37.5. The third kappa shape index (κ3) is 4.71. The number of carbonyl (C=O) groups is 3. The summed E-state index contributed by atoms with van der Waals surface area (Å²) in [5.74, 6) is -0.0934. The number of ether oxygens (including phenoxy) is 1. The zero-order valence-electron chi connectivity index (χ0n) is 12.5. The van der Waals surface area contributed by atoms with Crippen LogP contribution < -0.4 is 5.32 Å². The van der Waals surface area contributed by atoms with E-state index in [9.17, 15) is 14.4 Å². The van der Waals surface area contributed by atoms with Crippen molar-refractivity contribution in [1.82, 2.24) is 15.1 Å². The molecule has 7 nitrogen and oxygen atoms in total. The smallest absolute Gasteiger partial charge is 0.409 e. The van der Waals surface area contributed by atoms with E-state index in [0.29, 0.717) is 25.9 Å². The van der Waals surface area contributed by atoms with Crippen molar-refractivity contribution in [2.45, 2.75) is 45.9 Å². The normalized spacial score (nSPS) is 19.5. The molecule has 0 bridgehead atoms. The summed E-state index contributed by atoms with van der Waals surface area (Å²) in [6.07, 6.45) is -0.291. The number of rotatable bonds is 3. The molecular formula is C13H23N3O4. The van der Waals surface area contributed by atoms with Gasteiger partial charge in [0.2, 0.25) is 12.3 Å². The topological polar surface area (TPSA) is 79.0 Å². The first-order valence-corrected chi connectivity index (χ1v) is 6.74. The van der Waals surface area contributed by atoms with Gasteiger partial charge >= 0.3 is 6.09 Å². The highest BCUT2D eigenvalue weighted by Gasteiger charge is 2.32. The second-order valence-electron chi connectivity index (χ2n) is 5.78. The monoisotopic (exact) mass is 285 g/mol. The van der Waals surface area contributed by atoms with Crippen LogP contribution in [-0.4, -0.2) is 59.6 Å². The molecule has 1 rings (SSSR count). The van der Waals surface area contributed by atoms with Crippen molar-refractivity contribution in [1.29, 1.82) is 0 Å². The van der Waals surface area contributed by atoms with Crippen molar-refractivity contribution in [3.05, 3.63) is 0 Å². The molecule has 114 valence electrons. The second-order valence-corrected chi connectivity index (χ2v) is 5.78. The van der Waals surface area contributed by atoms with Crippen molar-refractivity contribution in [2.75, 3.05) is 19.6 Å². The standard InChI is InChI=1S/C13H23N3O4/c1-5-10(18)16-7-6-15(9-17)8-11(16)20-12(19)14-13(2,3)4/h9,11H,5-8H2,1-4H3,(H,14,19)/t11-/m0/s1. The van der Waals surface area contributed by atoms with E-state index in [1.165, 1.54) is 9.80 Å². The van der Waals surface area contributed by atoms with Crippen LogP contribution in [0.25, 0.3) is 0 Å². The number of carbonyl (C=O) groups excluding carboxylic acids is 3. The number of hydrogen-bond acceptors (Lipinski definition) is 4. The maximum atomic E-state index is 11.8.